The zero-order valence-corrected chi connectivity index (χ0v) is 31.2. The third kappa shape index (κ3) is 7.70. The number of amides is 3. The number of ether oxygens (including phenoxy) is 2. The Labute approximate surface area is 304 Å². The molecule has 0 bridgehead atoms. The number of likely N-dealkylation sites (N-methyl/N-ethyl adjacent to an activating group) is 1. The highest BCUT2D eigenvalue weighted by Crippen LogP contribution is 2.41. The van der Waals surface area contributed by atoms with Gasteiger partial charge in [-0.25, -0.2) is 4.79 Å². The normalized spacial score (nSPS) is 20.6. The first kappa shape index (κ1) is 36.9. The maximum absolute atomic E-state index is 13.5. The van der Waals surface area contributed by atoms with Gasteiger partial charge >= 0.3 is 6.03 Å². The molecule has 3 aromatic rings. The highest BCUT2D eigenvalue weighted by molar-refractivity contribution is 14.0. The Bertz CT molecular complexity index is 1770. The van der Waals surface area contributed by atoms with Crippen LogP contribution in [0.3, 0.4) is 0 Å². The molecule has 3 amide bonds. The molecule has 2 heterocycles. The molecular formula is C36H54IN7O4. The summed E-state index contributed by atoms with van der Waals surface area (Å²) in [5.41, 5.74) is 3.37. The summed E-state index contributed by atoms with van der Waals surface area (Å²) in [6, 6.07) is 14.5. The highest BCUT2D eigenvalue weighted by atomic mass is 127. The lowest BCUT2D eigenvalue weighted by atomic mass is 9.85. The van der Waals surface area contributed by atoms with E-state index in [0.29, 0.717) is 41.6 Å². The van der Waals surface area contributed by atoms with Gasteiger partial charge in [-0.3, -0.25) is 25.1 Å². The molecule has 1 aliphatic heterocycles. The second-order valence-electron chi connectivity index (χ2n) is 13.8. The van der Waals surface area contributed by atoms with Crippen molar-refractivity contribution in [3.63, 3.8) is 0 Å². The number of pyridine rings is 1. The predicted octanol–water partition coefficient (Wildman–Crippen LogP) is 7.67. The third-order valence-electron chi connectivity index (χ3n) is 9.41. The van der Waals surface area contributed by atoms with Crippen LogP contribution in [0.5, 0.6) is 11.5 Å². The maximum Gasteiger partial charge on any atom is 0.319 e. The fraction of sp³-hybridized carbons (Fsp3) is 0.444. The van der Waals surface area contributed by atoms with Crippen LogP contribution in [0.2, 0.25) is 0 Å². The van der Waals surface area contributed by atoms with Gasteiger partial charge in [-0.1, -0.05) is 45.0 Å². The van der Waals surface area contributed by atoms with Gasteiger partial charge in [-0.05, 0) is 92.6 Å². The van der Waals surface area contributed by atoms with Crippen molar-refractivity contribution in [3.05, 3.63) is 76.9 Å². The van der Waals surface area contributed by atoms with Crippen LogP contribution in [0.15, 0.2) is 54.7 Å². The number of fused-ring (bicyclic) bond motifs is 1. The Morgan fingerprint density at radius 3 is 2.31 bits per heavy atom. The van der Waals surface area contributed by atoms with Gasteiger partial charge < -0.3 is 25.4 Å². The molecule has 264 valence electrons. The standard InChI is InChI=1S/C36H47N7O4.HI.3H2/c1-22(44)39-28-19-23(35(2,3)4)20-29(32(28)46-7)41-34(45)40-27-14-15-30(26-12-9-8-11-25(26)27)47-24-13-16-31(37)43(21-24)33(38)36(5)17-10-18-42(36)6;;;;/h8-9,11-13,16,19-21,27,30,37-38H,10,14-15,17-18H2,1-7H3,(H,39,44)(H2,40,41,45);4*1H/t27-,30+,36-;;;;/m0..../s1. The summed E-state index contributed by atoms with van der Waals surface area (Å²) in [6.45, 7) is 10.6. The van der Waals surface area contributed by atoms with Crippen molar-refractivity contribution in [1.29, 1.82) is 10.8 Å². The summed E-state index contributed by atoms with van der Waals surface area (Å²) < 4.78 is 13.8. The first-order valence-corrected chi connectivity index (χ1v) is 16.1. The number of carbonyl (C=O) groups excluding carboxylic acids is 2. The Kier molecular flexibility index (Phi) is 11.3. The Balaban J connectivity index is 0.00000325. The van der Waals surface area contributed by atoms with E-state index in [1.807, 2.05) is 43.4 Å². The first-order valence-electron chi connectivity index (χ1n) is 16.1. The number of methoxy groups -OCH3 is 1. The molecule has 1 aliphatic carbocycles. The number of halogens is 1. The fourth-order valence-corrected chi connectivity index (χ4v) is 6.55. The van der Waals surface area contributed by atoms with Crippen LogP contribution in [0, 0.1) is 10.8 Å². The molecule has 0 unspecified atom stereocenters. The average Bonchev–Trinajstić information content (AvgIpc) is 3.36. The quantitative estimate of drug-likeness (QED) is 0.0951. The van der Waals surface area contributed by atoms with Crippen LogP contribution < -0.4 is 30.9 Å². The minimum absolute atomic E-state index is 0. The van der Waals surface area contributed by atoms with Crippen LogP contribution >= 0.6 is 24.0 Å². The van der Waals surface area contributed by atoms with E-state index in [-0.39, 0.29) is 57.2 Å². The van der Waals surface area contributed by atoms with Crippen molar-refractivity contribution >= 4 is 53.1 Å². The molecule has 1 aromatic heterocycles. The SMILES string of the molecule is COc1c(NC(C)=O)cc(C(C)(C)C)cc1NC(=O)N[C@H]1CC[C@@H](Oc2ccc(=N)n(C(=N)[C@]3(C)CCCN3C)c2)c2ccccc21.I.[HH].[HH].[HH]. The molecule has 1 fully saturated rings. The topological polar surface area (TPSA) is 145 Å². The van der Waals surface area contributed by atoms with E-state index < -0.39 is 11.6 Å². The van der Waals surface area contributed by atoms with Crippen LogP contribution in [0.25, 0.3) is 0 Å². The van der Waals surface area contributed by atoms with Gasteiger partial charge in [0, 0.05) is 11.2 Å². The summed E-state index contributed by atoms with van der Waals surface area (Å²) in [6.07, 6.45) is 4.65. The first-order chi connectivity index (χ1) is 22.2. The number of aromatic nitrogens is 1. The lowest BCUT2D eigenvalue weighted by molar-refractivity contribution is -0.114. The average molecular weight is 776 g/mol. The van der Waals surface area contributed by atoms with E-state index in [4.69, 9.17) is 20.3 Å². The summed E-state index contributed by atoms with van der Waals surface area (Å²) in [5, 5.41) is 26.4. The fourth-order valence-electron chi connectivity index (χ4n) is 6.55. The number of nitrogens with one attached hydrogen (secondary N) is 5. The number of benzene rings is 2. The van der Waals surface area contributed by atoms with E-state index in [1.54, 1.807) is 22.9 Å². The number of carbonyl (C=O) groups is 2. The van der Waals surface area contributed by atoms with Crippen LogP contribution in [0.4, 0.5) is 16.2 Å². The zero-order chi connectivity index (χ0) is 34.1. The number of likely N-dealkylation sites (tertiary alicyclic amines) is 1. The molecular weight excluding hydrogens is 721 g/mol. The van der Waals surface area contributed by atoms with Crippen molar-refractivity contribution < 1.29 is 23.3 Å². The van der Waals surface area contributed by atoms with Crippen molar-refractivity contribution in [1.82, 2.24) is 14.8 Å². The molecule has 0 radical (unpaired) electrons. The lowest BCUT2D eigenvalue weighted by Crippen LogP contribution is -2.50. The monoisotopic (exact) mass is 775 g/mol. The highest BCUT2D eigenvalue weighted by Gasteiger charge is 2.39. The zero-order valence-electron chi connectivity index (χ0n) is 28.8. The van der Waals surface area contributed by atoms with Gasteiger partial charge in [0.25, 0.3) is 0 Å². The third-order valence-corrected chi connectivity index (χ3v) is 9.41. The minimum atomic E-state index is -0.445. The molecule has 12 heteroatoms. The Hall–Kier alpha value is -3.91. The number of urea groups is 1. The summed E-state index contributed by atoms with van der Waals surface area (Å²) in [4.78, 5) is 27.6. The molecule has 0 spiro atoms. The van der Waals surface area contributed by atoms with Gasteiger partial charge in [-0.2, -0.15) is 0 Å². The summed E-state index contributed by atoms with van der Waals surface area (Å²) in [5.74, 6) is 1.08. The van der Waals surface area contributed by atoms with Crippen LogP contribution in [0.1, 0.15) is 93.4 Å². The number of hydrogen-bond donors (Lipinski definition) is 5. The molecule has 5 rings (SSSR count). The molecule has 1 saturated heterocycles. The van der Waals surface area contributed by atoms with Gasteiger partial charge in [0.2, 0.25) is 5.91 Å². The number of hydrogen-bond acceptors (Lipinski definition) is 7. The van der Waals surface area contributed by atoms with Crippen molar-refractivity contribution in [2.45, 2.75) is 83.4 Å². The molecule has 3 atom stereocenters. The van der Waals surface area contributed by atoms with Gasteiger partial charge in [0.1, 0.15) is 23.2 Å². The largest absolute Gasteiger partial charge is 0.492 e. The number of nitrogens with zero attached hydrogens (tertiary/aromatic N) is 2. The van der Waals surface area contributed by atoms with Crippen molar-refractivity contribution in [3.8, 4) is 11.5 Å². The van der Waals surface area contributed by atoms with Crippen LogP contribution in [-0.2, 0) is 10.2 Å². The Morgan fingerprint density at radius 2 is 1.71 bits per heavy atom. The van der Waals surface area contributed by atoms with E-state index in [2.05, 4.69) is 48.5 Å². The number of rotatable bonds is 7. The maximum atomic E-state index is 13.5. The minimum Gasteiger partial charge on any atom is -0.492 e. The Morgan fingerprint density at radius 1 is 1.04 bits per heavy atom. The van der Waals surface area contributed by atoms with Crippen molar-refractivity contribution in [2.75, 3.05) is 31.3 Å². The summed E-state index contributed by atoms with van der Waals surface area (Å²) in [7, 11) is 3.53. The van der Waals surface area contributed by atoms with E-state index >= 15 is 0 Å². The smallest absolute Gasteiger partial charge is 0.319 e. The van der Waals surface area contributed by atoms with Crippen LogP contribution in [-0.4, -0.2) is 53.5 Å². The van der Waals surface area contributed by atoms with E-state index in [9.17, 15) is 9.59 Å². The number of anilines is 2. The van der Waals surface area contributed by atoms with Gasteiger partial charge in [0.05, 0.1) is 36.3 Å². The predicted molar refractivity (Wildman–Crippen MR) is 205 cm³/mol. The van der Waals surface area contributed by atoms with Crippen molar-refractivity contribution in [2.24, 2.45) is 0 Å². The van der Waals surface area contributed by atoms with E-state index in [0.717, 1.165) is 36.1 Å². The lowest BCUT2D eigenvalue weighted by Gasteiger charge is -2.34. The molecule has 5 N–H and O–H groups in total. The second kappa shape index (κ2) is 14.7. The summed E-state index contributed by atoms with van der Waals surface area (Å²) >= 11 is 0. The van der Waals surface area contributed by atoms with Gasteiger partial charge in [0.15, 0.2) is 5.75 Å². The van der Waals surface area contributed by atoms with Gasteiger partial charge in [-0.15, -0.1) is 24.0 Å². The molecule has 48 heavy (non-hydrogen) atoms. The van der Waals surface area contributed by atoms with E-state index in [1.165, 1.54) is 14.0 Å². The molecule has 2 aliphatic rings. The molecule has 2 aromatic carbocycles. The second-order valence-corrected chi connectivity index (χ2v) is 13.8. The molecule has 11 nitrogen and oxygen atoms in total. The molecule has 0 saturated carbocycles.